The predicted molar refractivity (Wildman–Crippen MR) is 110 cm³/mol. The van der Waals surface area contributed by atoms with Crippen LogP contribution in [0.4, 0.5) is 5.88 Å². The molecule has 1 atom stereocenters. The second-order valence-electron chi connectivity index (χ2n) is 7.29. The normalized spacial score (nSPS) is 14.8. The molecule has 0 bridgehead atoms. The Morgan fingerprint density at radius 1 is 1.19 bits per heavy atom. The van der Waals surface area contributed by atoms with Gasteiger partial charge in [-0.3, -0.25) is 14.9 Å². The Bertz CT molecular complexity index is 1190. The molecule has 0 radical (unpaired) electrons. The van der Waals surface area contributed by atoms with E-state index in [4.69, 9.17) is 18.6 Å². The third-order valence-electron chi connectivity index (χ3n) is 5.14. The van der Waals surface area contributed by atoms with Crippen molar-refractivity contribution in [2.75, 3.05) is 13.2 Å². The first-order valence-corrected chi connectivity index (χ1v) is 9.83. The number of hydrogen-bond donors (Lipinski definition) is 0. The number of nitro groups is 1. The number of carbonyl (C=O) groups excluding carboxylic acids is 2. The summed E-state index contributed by atoms with van der Waals surface area (Å²) in [7, 11) is 0. The summed E-state index contributed by atoms with van der Waals surface area (Å²) >= 11 is 0. The number of nitrogens with zero attached hydrogens (tertiary/aromatic N) is 2. The number of Topliss-reactive ketones (excluding diaryl/α,β-unsaturated/α-hetero) is 1. The molecule has 0 fully saturated rings. The maximum absolute atomic E-state index is 12.7. The number of carbonyl (C=O) groups is 2. The maximum atomic E-state index is 12.7. The number of hydrogen-bond acceptors (Lipinski definition) is 8. The van der Waals surface area contributed by atoms with Gasteiger partial charge in [0.05, 0.1) is 12.6 Å². The van der Waals surface area contributed by atoms with Gasteiger partial charge in [-0.05, 0) is 38.1 Å². The van der Waals surface area contributed by atoms with E-state index in [1.807, 2.05) is 35.8 Å². The van der Waals surface area contributed by atoms with Crippen LogP contribution in [-0.4, -0.2) is 40.6 Å². The van der Waals surface area contributed by atoms with Crippen molar-refractivity contribution in [3.63, 3.8) is 0 Å². The number of ketones is 1. The second-order valence-corrected chi connectivity index (χ2v) is 7.29. The molecule has 4 rings (SSSR count). The zero-order valence-corrected chi connectivity index (χ0v) is 17.4. The molecule has 0 spiro atoms. The number of para-hydroxylation sites is 2. The molecule has 3 heterocycles. The minimum absolute atomic E-state index is 0.231. The molecule has 0 N–H and O–H groups in total. The van der Waals surface area contributed by atoms with Crippen molar-refractivity contribution in [3.05, 3.63) is 75.3 Å². The molecule has 3 aromatic rings. The molecule has 0 saturated heterocycles. The summed E-state index contributed by atoms with van der Waals surface area (Å²) in [5.74, 6) is -0.901. The highest BCUT2D eigenvalue weighted by Gasteiger charge is 2.25. The van der Waals surface area contributed by atoms with E-state index in [-0.39, 0.29) is 11.9 Å². The molecule has 10 nitrogen and oxygen atoms in total. The van der Waals surface area contributed by atoms with Crippen molar-refractivity contribution < 1.29 is 33.1 Å². The molecule has 0 amide bonds. The van der Waals surface area contributed by atoms with Gasteiger partial charge in [0, 0.05) is 17.0 Å². The molecular formula is C22H20N2O8. The zero-order valence-electron chi connectivity index (χ0n) is 17.4. The van der Waals surface area contributed by atoms with Crippen LogP contribution >= 0.6 is 0 Å². The number of rotatable bonds is 7. The molecule has 1 aliphatic rings. The van der Waals surface area contributed by atoms with Crippen LogP contribution < -0.4 is 9.47 Å². The summed E-state index contributed by atoms with van der Waals surface area (Å²) in [6.45, 7) is 4.01. The van der Waals surface area contributed by atoms with E-state index in [0.29, 0.717) is 35.9 Å². The zero-order chi connectivity index (χ0) is 22.8. The monoisotopic (exact) mass is 440 g/mol. The van der Waals surface area contributed by atoms with E-state index in [2.05, 4.69) is 0 Å². The lowest BCUT2D eigenvalue weighted by molar-refractivity contribution is -0.402. The van der Waals surface area contributed by atoms with E-state index in [9.17, 15) is 19.7 Å². The fraction of sp³-hybridized carbons (Fsp3) is 0.273. The van der Waals surface area contributed by atoms with E-state index in [0.717, 1.165) is 17.8 Å². The summed E-state index contributed by atoms with van der Waals surface area (Å²) in [5.41, 5.74) is 1.97. The Labute approximate surface area is 182 Å². The first kappa shape index (κ1) is 21.2. The predicted octanol–water partition coefficient (Wildman–Crippen LogP) is 3.49. The van der Waals surface area contributed by atoms with Crippen LogP contribution in [0.3, 0.4) is 0 Å². The molecule has 166 valence electrons. The van der Waals surface area contributed by atoms with Gasteiger partial charge in [0.2, 0.25) is 11.5 Å². The molecule has 0 unspecified atom stereocenters. The van der Waals surface area contributed by atoms with Gasteiger partial charge in [-0.25, -0.2) is 4.79 Å². The third-order valence-corrected chi connectivity index (χ3v) is 5.14. The van der Waals surface area contributed by atoms with Gasteiger partial charge in [0.25, 0.3) is 0 Å². The largest absolute Gasteiger partial charge is 0.486 e. The second kappa shape index (κ2) is 8.58. The first-order chi connectivity index (χ1) is 15.3. The highest BCUT2D eigenvalue weighted by molar-refractivity contribution is 6.00. The van der Waals surface area contributed by atoms with Crippen molar-refractivity contribution >= 4 is 17.6 Å². The van der Waals surface area contributed by atoms with Crippen molar-refractivity contribution in [1.82, 2.24) is 4.57 Å². The lowest BCUT2D eigenvalue weighted by atomic mass is 10.1. The maximum Gasteiger partial charge on any atom is 0.433 e. The van der Waals surface area contributed by atoms with E-state index < -0.39 is 29.2 Å². The highest BCUT2D eigenvalue weighted by Crippen LogP contribution is 2.31. The molecule has 0 aliphatic carbocycles. The summed E-state index contributed by atoms with van der Waals surface area (Å²) in [6, 6.07) is 11.3. The van der Waals surface area contributed by atoms with E-state index in [1.165, 1.54) is 0 Å². The topological polar surface area (TPSA) is 123 Å². The number of aromatic nitrogens is 1. The van der Waals surface area contributed by atoms with Gasteiger partial charge in [0.1, 0.15) is 11.5 Å². The Balaban J connectivity index is 1.40. The van der Waals surface area contributed by atoms with Crippen molar-refractivity contribution in [3.8, 4) is 11.5 Å². The molecule has 1 aromatic carbocycles. The Kier molecular flexibility index (Phi) is 5.67. The van der Waals surface area contributed by atoms with Crippen LogP contribution in [0.25, 0.3) is 0 Å². The van der Waals surface area contributed by atoms with Gasteiger partial charge >= 0.3 is 11.9 Å². The standard InChI is InChI=1S/C22H20N2O8/c1-13-9-16(17(25)12-30-22(26)20-7-8-21(32-20)24(27)28)14(2)23(13)10-15-11-29-18-5-3-4-6-19(18)31-15/h3-9,15H,10-12H2,1-2H3/t15-/m0/s1. The number of ether oxygens (including phenoxy) is 3. The highest BCUT2D eigenvalue weighted by atomic mass is 16.7. The molecule has 0 saturated carbocycles. The van der Waals surface area contributed by atoms with Crippen molar-refractivity contribution in [2.24, 2.45) is 0 Å². The molecule has 32 heavy (non-hydrogen) atoms. The van der Waals surface area contributed by atoms with Gasteiger partial charge in [-0.15, -0.1) is 0 Å². The summed E-state index contributed by atoms with van der Waals surface area (Å²) in [4.78, 5) is 34.5. The Hall–Kier alpha value is -4.08. The van der Waals surface area contributed by atoms with Gasteiger partial charge in [0.15, 0.2) is 24.2 Å². The number of fused-ring (bicyclic) bond motifs is 1. The van der Waals surface area contributed by atoms with Crippen LogP contribution in [0.15, 0.2) is 46.9 Å². The summed E-state index contributed by atoms with van der Waals surface area (Å²) < 4.78 is 23.5. The summed E-state index contributed by atoms with van der Waals surface area (Å²) in [6.07, 6.45) is -0.231. The fourth-order valence-electron chi connectivity index (χ4n) is 3.54. The smallest absolute Gasteiger partial charge is 0.433 e. The number of benzene rings is 1. The van der Waals surface area contributed by atoms with E-state index in [1.54, 1.807) is 13.0 Å². The lowest BCUT2D eigenvalue weighted by Crippen LogP contribution is -2.33. The van der Waals surface area contributed by atoms with Crippen molar-refractivity contribution in [2.45, 2.75) is 26.5 Å². The molecule has 1 aliphatic heterocycles. The third kappa shape index (κ3) is 4.20. The van der Waals surface area contributed by atoms with Crippen LogP contribution in [-0.2, 0) is 11.3 Å². The number of furan rings is 1. The van der Waals surface area contributed by atoms with Crippen LogP contribution in [0.5, 0.6) is 11.5 Å². The van der Waals surface area contributed by atoms with Gasteiger partial charge in [-0.2, -0.15) is 0 Å². The Morgan fingerprint density at radius 3 is 2.66 bits per heavy atom. The minimum atomic E-state index is -0.952. The summed E-state index contributed by atoms with van der Waals surface area (Å²) in [5, 5.41) is 10.6. The van der Waals surface area contributed by atoms with Gasteiger partial charge < -0.3 is 23.2 Å². The SMILES string of the molecule is Cc1cc(C(=O)COC(=O)c2ccc([N+](=O)[O-])o2)c(C)n1C[C@H]1COc2ccccc2O1. The molecular weight excluding hydrogens is 420 g/mol. The average molecular weight is 440 g/mol. The number of aryl methyl sites for hydroxylation is 1. The molecule has 2 aromatic heterocycles. The Morgan fingerprint density at radius 2 is 1.94 bits per heavy atom. The average Bonchev–Trinajstić information content (AvgIpc) is 3.38. The lowest BCUT2D eigenvalue weighted by Gasteiger charge is -2.27. The number of esters is 1. The van der Waals surface area contributed by atoms with Crippen LogP contribution in [0.1, 0.15) is 32.3 Å². The first-order valence-electron chi connectivity index (χ1n) is 9.83. The van der Waals surface area contributed by atoms with Crippen molar-refractivity contribution in [1.29, 1.82) is 0 Å². The van der Waals surface area contributed by atoms with Gasteiger partial charge in [-0.1, -0.05) is 12.1 Å². The van der Waals surface area contributed by atoms with Crippen LogP contribution in [0.2, 0.25) is 0 Å². The molecule has 10 heteroatoms. The van der Waals surface area contributed by atoms with E-state index >= 15 is 0 Å². The fourth-order valence-corrected chi connectivity index (χ4v) is 3.54. The minimum Gasteiger partial charge on any atom is -0.486 e. The van der Waals surface area contributed by atoms with Crippen LogP contribution in [0, 0.1) is 24.0 Å². The quantitative estimate of drug-likeness (QED) is 0.237.